The number of hydrogen-bond donors (Lipinski definition) is 1. The number of terminal acetylenes is 1. The van der Waals surface area contributed by atoms with E-state index in [2.05, 4.69) is 23.7 Å². The molecule has 1 heterocycles. The van der Waals surface area contributed by atoms with Gasteiger partial charge in [0.2, 0.25) is 0 Å². The lowest BCUT2D eigenvalue weighted by Crippen LogP contribution is -1.84. The molecule has 1 N–H and O–H groups in total. The Balaban J connectivity index is 2.64. The number of H-pyrrole nitrogens is 1. The summed E-state index contributed by atoms with van der Waals surface area (Å²) in [6.07, 6.45) is 10.4. The first kappa shape index (κ1) is 7.25. The Morgan fingerprint density at radius 3 is 3.00 bits per heavy atom. The van der Waals surface area contributed by atoms with E-state index in [1.54, 1.807) is 0 Å². The topological polar surface area (TPSA) is 15.8 Å². The average Bonchev–Trinajstić information content (AvgIpc) is 1.88. The van der Waals surface area contributed by atoms with E-state index in [1.165, 1.54) is 0 Å². The molecule has 1 rings (SSSR count). The van der Waals surface area contributed by atoms with Gasteiger partial charge in [-0.05, 0) is 12.5 Å². The van der Waals surface area contributed by atoms with Gasteiger partial charge in [-0.1, -0.05) is 27.3 Å². The van der Waals surface area contributed by atoms with Crippen LogP contribution in [0, 0.1) is 12.3 Å². The van der Waals surface area contributed by atoms with Crippen molar-refractivity contribution < 1.29 is 0 Å². The molecule has 52 valence electrons. The Bertz CT molecular complexity index is 259. The van der Waals surface area contributed by atoms with Gasteiger partial charge in [-0.2, -0.15) is 0 Å². The third kappa shape index (κ3) is 1.35. The quantitative estimate of drug-likeness (QED) is 0.625. The Kier molecular flexibility index (Phi) is 2.42. The van der Waals surface area contributed by atoms with E-state index >= 15 is 0 Å². The van der Waals surface area contributed by atoms with Crippen LogP contribution in [0.5, 0.6) is 0 Å². The number of hydrogen-bond acceptors (Lipinski definition) is 0. The van der Waals surface area contributed by atoms with Crippen molar-refractivity contribution >= 4 is 14.4 Å². The minimum atomic E-state index is 0.646. The SMILES string of the molecule is C#Cc1[pH][nH]c1/C=C\CC. The minimum absolute atomic E-state index is 0.646. The van der Waals surface area contributed by atoms with Gasteiger partial charge in [0.05, 0.1) is 11.0 Å². The van der Waals surface area contributed by atoms with Gasteiger partial charge >= 0.3 is 0 Å². The average molecular weight is 151 g/mol. The molecular formula is C8H10NP. The molecule has 0 aliphatic heterocycles. The number of nitrogens with one attached hydrogen (secondary N) is 1. The molecule has 0 saturated heterocycles. The number of aromatic nitrogens is 1. The van der Waals surface area contributed by atoms with Gasteiger partial charge in [0.1, 0.15) is 0 Å². The summed E-state index contributed by atoms with van der Waals surface area (Å²) in [5.74, 6) is 2.64. The van der Waals surface area contributed by atoms with Crippen molar-refractivity contribution in [1.82, 2.24) is 4.75 Å². The summed E-state index contributed by atoms with van der Waals surface area (Å²) < 4.78 is 3.16. The highest BCUT2D eigenvalue weighted by Gasteiger charge is 1.96. The Labute approximate surface area is 62.7 Å². The van der Waals surface area contributed by atoms with Crippen molar-refractivity contribution in [2.24, 2.45) is 0 Å². The van der Waals surface area contributed by atoms with E-state index in [0.29, 0.717) is 8.35 Å². The fourth-order valence-corrected chi connectivity index (χ4v) is 1.30. The zero-order chi connectivity index (χ0) is 7.40. The van der Waals surface area contributed by atoms with E-state index in [1.807, 2.05) is 6.08 Å². The monoisotopic (exact) mass is 151 g/mol. The van der Waals surface area contributed by atoms with Crippen LogP contribution < -0.4 is 0 Å². The molecule has 1 nitrogen and oxygen atoms in total. The highest BCUT2D eigenvalue weighted by Crippen LogP contribution is 2.20. The van der Waals surface area contributed by atoms with E-state index < -0.39 is 0 Å². The minimum Gasteiger partial charge on any atom is -0.346 e. The first-order chi connectivity index (χ1) is 4.88. The predicted octanol–water partition coefficient (Wildman–Crippen LogP) is 2.45. The second-order valence-electron chi connectivity index (χ2n) is 1.99. The Morgan fingerprint density at radius 2 is 2.60 bits per heavy atom. The summed E-state index contributed by atoms with van der Waals surface area (Å²) >= 11 is 0. The van der Waals surface area contributed by atoms with Gasteiger partial charge in [-0.3, -0.25) is 0 Å². The van der Waals surface area contributed by atoms with Crippen molar-refractivity contribution in [2.75, 3.05) is 0 Å². The van der Waals surface area contributed by atoms with E-state index in [9.17, 15) is 0 Å². The van der Waals surface area contributed by atoms with Crippen LogP contribution in [-0.2, 0) is 0 Å². The molecule has 0 aromatic carbocycles. The molecule has 2 heteroatoms. The Morgan fingerprint density at radius 1 is 1.80 bits per heavy atom. The molecule has 0 aliphatic rings. The lowest BCUT2D eigenvalue weighted by Gasteiger charge is -2.02. The van der Waals surface area contributed by atoms with Crippen LogP contribution >= 0.6 is 8.35 Å². The highest BCUT2D eigenvalue weighted by molar-refractivity contribution is 7.28. The molecule has 0 bridgehead atoms. The molecule has 0 fully saturated rings. The smallest absolute Gasteiger partial charge is 0.0796 e. The second-order valence-corrected chi connectivity index (χ2v) is 2.99. The van der Waals surface area contributed by atoms with Crippen molar-refractivity contribution in [1.29, 1.82) is 0 Å². The Hall–Kier alpha value is -0.860. The maximum atomic E-state index is 5.22. The summed E-state index contributed by atoms with van der Waals surface area (Å²) in [7, 11) is 0.646. The summed E-state index contributed by atoms with van der Waals surface area (Å²) in [4.78, 5) is 0. The van der Waals surface area contributed by atoms with Gasteiger partial charge in [-0.25, -0.2) is 0 Å². The maximum absolute atomic E-state index is 5.22. The van der Waals surface area contributed by atoms with Crippen LogP contribution in [-0.4, -0.2) is 4.75 Å². The summed E-state index contributed by atoms with van der Waals surface area (Å²) in [5.41, 5.74) is 1.13. The molecule has 1 aromatic rings. The van der Waals surface area contributed by atoms with Gasteiger partial charge in [0.15, 0.2) is 0 Å². The zero-order valence-electron chi connectivity index (χ0n) is 5.94. The lowest BCUT2D eigenvalue weighted by molar-refractivity contribution is 1.23. The summed E-state index contributed by atoms with van der Waals surface area (Å²) in [6.45, 7) is 2.10. The highest BCUT2D eigenvalue weighted by atomic mass is 31.0. The van der Waals surface area contributed by atoms with Gasteiger partial charge in [-0.15, -0.1) is 6.42 Å². The van der Waals surface area contributed by atoms with E-state index in [0.717, 1.165) is 17.4 Å². The van der Waals surface area contributed by atoms with Gasteiger partial charge in [0, 0.05) is 0 Å². The molecule has 10 heavy (non-hydrogen) atoms. The molecule has 1 unspecified atom stereocenters. The molecular weight excluding hydrogens is 141 g/mol. The van der Waals surface area contributed by atoms with Crippen LogP contribution in [0.1, 0.15) is 24.3 Å². The molecule has 0 amide bonds. The van der Waals surface area contributed by atoms with Crippen molar-refractivity contribution in [3.8, 4) is 12.3 Å². The van der Waals surface area contributed by atoms with Crippen LogP contribution in [0.3, 0.4) is 0 Å². The molecule has 1 atom stereocenters. The third-order valence-corrected chi connectivity index (χ3v) is 2.31. The summed E-state index contributed by atoms with van der Waals surface area (Å²) in [5, 5.41) is 1.12. The van der Waals surface area contributed by atoms with Crippen molar-refractivity contribution in [3.63, 3.8) is 0 Å². The standard InChI is InChI=1S/C8H10NP/c1-3-5-6-7-8(4-2)10-9-7/h2,5-6,9-10H,3H2,1H3/b6-5-. The van der Waals surface area contributed by atoms with Crippen molar-refractivity contribution in [2.45, 2.75) is 13.3 Å². The van der Waals surface area contributed by atoms with Gasteiger partial charge in [0.25, 0.3) is 0 Å². The fraction of sp³-hybridized carbons (Fsp3) is 0.250. The first-order valence-electron chi connectivity index (χ1n) is 3.28. The predicted molar refractivity (Wildman–Crippen MR) is 47.6 cm³/mol. The molecule has 0 saturated carbocycles. The maximum Gasteiger partial charge on any atom is 0.0796 e. The van der Waals surface area contributed by atoms with Crippen LogP contribution in [0.2, 0.25) is 0 Å². The first-order valence-corrected chi connectivity index (χ1v) is 4.28. The molecule has 1 aromatic heterocycles. The number of allylic oxidation sites excluding steroid dienone is 1. The lowest BCUT2D eigenvalue weighted by atomic mass is 10.3. The normalized spacial score (nSPS) is 11.2. The molecule has 0 radical (unpaired) electrons. The van der Waals surface area contributed by atoms with Crippen LogP contribution in [0.15, 0.2) is 6.08 Å². The van der Waals surface area contributed by atoms with Crippen LogP contribution in [0.25, 0.3) is 6.08 Å². The van der Waals surface area contributed by atoms with E-state index in [-0.39, 0.29) is 0 Å². The number of aromatic amines is 1. The second kappa shape index (κ2) is 3.34. The van der Waals surface area contributed by atoms with Gasteiger partial charge < -0.3 is 4.75 Å². The van der Waals surface area contributed by atoms with Crippen LogP contribution in [0.4, 0.5) is 0 Å². The molecule has 0 spiro atoms. The van der Waals surface area contributed by atoms with E-state index in [4.69, 9.17) is 6.42 Å². The molecule has 0 aliphatic carbocycles. The third-order valence-electron chi connectivity index (χ3n) is 1.26. The largest absolute Gasteiger partial charge is 0.346 e. The summed E-state index contributed by atoms with van der Waals surface area (Å²) in [6, 6.07) is 0. The van der Waals surface area contributed by atoms with Crippen molar-refractivity contribution in [3.05, 3.63) is 17.1 Å². The number of rotatable bonds is 2. The zero-order valence-corrected chi connectivity index (χ0v) is 6.94. The fourth-order valence-electron chi connectivity index (χ4n) is 0.672.